The molecular weight excluding hydrogens is 236 g/mol. The molecule has 0 aromatic carbocycles. The average molecular weight is 260 g/mol. The van der Waals surface area contributed by atoms with E-state index in [1.54, 1.807) is 11.8 Å². The smallest absolute Gasteiger partial charge is 0.235 e. The van der Waals surface area contributed by atoms with Crippen molar-refractivity contribution in [1.29, 1.82) is 0 Å². The predicted octanol–water partition coefficient (Wildman–Crippen LogP) is 1.09. The van der Waals surface area contributed by atoms with Crippen LogP contribution in [-0.4, -0.2) is 54.7 Å². The van der Waals surface area contributed by atoms with Crippen LogP contribution in [0.15, 0.2) is 0 Å². The Hall–Kier alpha value is -0.260. The highest BCUT2D eigenvalue weighted by Gasteiger charge is 2.25. The molecule has 0 aromatic heterocycles. The third-order valence-electron chi connectivity index (χ3n) is 3.16. The van der Waals surface area contributed by atoms with Crippen LogP contribution in [0.1, 0.15) is 26.2 Å². The number of amides is 1. The molecule has 0 spiro atoms. The molecule has 1 aliphatic heterocycles. The highest BCUT2D eigenvalue weighted by Crippen LogP contribution is 2.17. The number of carbonyl (C=O) groups is 1. The van der Waals surface area contributed by atoms with Gasteiger partial charge >= 0.3 is 0 Å². The van der Waals surface area contributed by atoms with Crippen LogP contribution in [0, 0.1) is 0 Å². The van der Waals surface area contributed by atoms with E-state index in [0.717, 1.165) is 39.0 Å². The molecule has 17 heavy (non-hydrogen) atoms. The second-order valence-electron chi connectivity index (χ2n) is 4.42. The SMILES string of the molecule is CS[C@H](C)C(=O)N1CCC(OCCCN)CC1. The van der Waals surface area contributed by atoms with Crippen LogP contribution in [0.25, 0.3) is 0 Å². The van der Waals surface area contributed by atoms with Gasteiger partial charge in [0.25, 0.3) is 0 Å². The lowest BCUT2D eigenvalue weighted by molar-refractivity contribution is -0.132. The molecule has 4 nitrogen and oxygen atoms in total. The van der Waals surface area contributed by atoms with Crippen molar-refractivity contribution in [1.82, 2.24) is 4.90 Å². The summed E-state index contributed by atoms with van der Waals surface area (Å²) >= 11 is 1.61. The first-order chi connectivity index (χ1) is 8.19. The summed E-state index contributed by atoms with van der Waals surface area (Å²) in [6, 6.07) is 0. The predicted molar refractivity (Wildman–Crippen MR) is 72.2 cm³/mol. The van der Waals surface area contributed by atoms with Crippen LogP contribution in [0.2, 0.25) is 0 Å². The summed E-state index contributed by atoms with van der Waals surface area (Å²) < 4.78 is 5.72. The van der Waals surface area contributed by atoms with Crippen molar-refractivity contribution in [3.05, 3.63) is 0 Å². The second-order valence-corrected chi connectivity index (χ2v) is 5.59. The molecule has 0 unspecified atom stereocenters. The summed E-state index contributed by atoms with van der Waals surface area (Å²) in [5.41, 5.74) is 5.42. The summed E-state index contributed by atoms with van der Waals surface area (Å²) in [5, 5.41) is 0.0738. The third kappa shape index (κ3) is 4.85. The summed E-state index contributed by atoms with van der Waals surface area (Å²) in [5.74, 6) is 0.262. The zero-order valence-corrected chi connectivity index (χ0v) is 11.7. The molecule has 0 saturated carbocycles. The first kappa shape index (κ1) is 14.8. The first-order valence-corrected chi connectivity index (χ1v) is 7.61. The highest BCUT2D eigenvalue weighted by molar-refractivity contribution is 7.99. The van der Waals surface area contributed by atoms with E-state index in [2.05, 4.69) is 0 Å². The Balaban J connectivity index is 2.23. The van der Waals surface area contributed by atoms with Gasteiger partial charge in [-0.3, -0.25) is 4.79 Å². The van der Waals surface area contributed by atoms with E-state index in [1.807, 2.05) is 18.1 Å². The standard InChI is InChI=1S/C12H24N2O2S/c1-10(17-2)12(15)14-7-4-11(5-8-14)16-9-3-6-13/h10-11H,3-9,13H2,1-2H3/t10-/m1/s1. The van der Waals surface area contributed by atoms with E-state index in [-0.39, 0.29) is 11.2 Å². The van der Waals surface area contributed by atoms with Crippen LogP contribution in [0.3, 0.4) is 0 Å². The topological polar surface area (TPSA) is 55.6 Å². The van der Waals surface area contributed by atoms with Gasteiger partial charge < -0.3 is 15.4 Å². The van der Waals surface area contributed by atoms with Gasteiger partial charge in [-0.1, -0.05) is 0 Å². The summed E-state index contributed by atoms with van der Waals surface area (Å²) in [4.78, 5) is 13.9. The van der Waals surface area contributed by atoms with Crippen molar-refractivity contribution < 1.29 is 9.53 Å². The number of ether oxygens (including phenoxy) is 1. The van der Waals surface area contributed by atoms with Gasteiger partial charge in [-0.15, -0.1) is 0 Å². The minimum Gasteiger partial charge on any atom is -0.378 e. The van der Waals surface area contributed by atoms with Crippen LogP contribution >= 0.6 is 11.8 Å². The van der Waals surface area contributed by atoms with Crippen molar-refractivity contribution >= 4 is 17.7 Å². The maximum Gasteiger partial charge on any atom is 0.235 e. The molecule has 0 bridgehead atoms. The fraction of sp³-hybridized carbons (Fsp3) is 0.917. The number of rotatable bonds is 6. The molecule has 0 aromatic rings. The van der Waals surface area contributed by atoms with E-state index >= 15 is 0 Å². The van der Waals surface area contributed by atoms with E-state index in [1.165, 1.54) is 0 Å². The Morgan fingerprint density at radius 1 is 1.53 bits per heavy atom. The molecule has 5 heteroatoms. The molecule has 0 radical (unpaired) electrons. The number of nitrogens with two attached hydrogens (primary N) is 1. The van der Waals surface area contributed by atoms with Gasteiger partial charge in [-0.05, 0) is 39.0 Å². The van der Waals surface area contributed by atoms with E-state index in [9.17, 15) is 4.79 Å². The van der Waals surface area contributed by atoms with E-state index in [4.69, 9.17) is 10.5 Å². The number of piperidine rings is 1. The average Bonchev–Trinajstić information content (AvgIpc) is 2.38. The van der Waals surface area contributed by atoms with Crippen LogP contribution in [0.5, 0.6) is 0 Å². The van der Waals surface area contributed by atoms with Gasteiger partial charge in [-0.25, -0.2) is 0 Å². The number of thioether (sulfide) groups is 1. The highest BCUT2D eigenvalue weighted by atomic mass is 32.2. The second kappa shape index (κ2) is 7.95. The Kier molecular flexibility index (Phi) is 6.92. The normalized spacial score (nSPS) is 19.4. The van der Waals surface area contributed by atoms with Crippen LogP contribution in [0.4, 0.5) is 0 Å². The van der Waals surface area contributed by atoms with Gasteiger partial charge in [0, 0.05) is 19.7 Å². The molecule has 1 amide bonds. The van der Waals surface area contributed by atoms with Gasteiger partial charge in [0.1, 0.15) is 0 Å². The molecule has 0 aliphatic carbocycles. The molecular formula is C12H24N2O2S. The van der Waals surface area contributed by atoms with Crippen molar-refractivity contribution in [3.63, 3.8) is 0 Å². The van der Waals surface area contributed by atoms with Crippen molar-refractivity contribution in [2.45, 2.75) is 37.5 Å². The van der Waals surface area contributed by atoms with Gasteiger partial charge in [0.2, 0.25) is 5.91 Å². The largest absolute Gasteiger partial charge is 0.378 e. The minimum absolute atomic E-state index is 0.0738. The molecule has 1 aliphatic rings. The van der Waals surface area contributed by atoms with Crippen molar-refractivity contribution in [2.24, 2.45) is 5.73 Å². The lowest BCUT2D eigenvalue weighted by atomic mass is 10.1. The van der Waals surface area contributed by atoms with Crippen LogP contribution < -0.4 is 5.73 Å². The molecule has 1 saturated heterocycles. The summed E-state index contributed by atoms with van der Waals surface area (Å²) in [6.07, 6.45) is 5.12. The zero-order valence-electron chi connectivity index (χ0n) is 10.9. The lowest BCUT2D eigenvalue weighted by Crippen LogP contribution is -2.44. The number of likely N-dealkylation sites (tertiary alicyclic amines) is 1. The Bertz CT molecular complexity index is 231. The molecule has 100 valence electrons. The zero-order chi connectivity index (χ0) is 12.7. The summed E-state index contributed by atoms with van der Waals surface area (Å²) in [7, 11) is 0. The molecule has 1 heterocycles. The van der Waals surface area contributed by atoms with E-state index in [0.29, 0.717) is 12.6 Å². The fourth-order valence-electron chi connectivity index (χ4n) is 1.93. The van der Waals surface area contributed by atoms with Gasteiger partial charge in [0.05, 0.1) is 11.4 Å². The van der Waals surface area contributed by atoms with Crippen molar-refractivity contribution in [3.8, 4) is 0 Å². The monoisotopic (exact) mass is 260 g/mol. The maximum absolute atomic E-state index is 11.9. The lowest BCUT2D eigenvalue weighted by Gasteiger charge is -2.33. The molecule has 2 N–H and O–H groups in total. The summed E-state index contributed by atoms with van der Waals surface area (Å²) in [6.45, 7) is 5.06. The third-order valence-corrected chi connectivity index (χ3v) is 4.07. The van der Waals surface area contributed by atoms with Crippen LogP contribution in [-0.2, 0) is 9.53 Å². The number of hydrogen-bond donors (Lipinski definition) is 1. The van der Waals surface area contributed by atoms with Crippen molar-refractivity contribution in [2.75, 3.05) is 32.5 Å². The molecule has 1 atom stereocenters. The molecule has 1 rings (SSSR count). The quantitative estimate of drug-likeness (QED) is 0.727. The van der Waals surface area contributed by atoms with Gasteiger partial charge in [-0.2, -0.15) is 11.8 Å². The number of hydrogen-bond acceptors (Lipinski definition) is 4. The molecule has 1 fully saturated rings. The first-order valence-electron chi connectivity index (χ1n) is 6.32. The maximum atomic E-state index is 11.9. The Morgan fingerprint density at radius 3 is 2.71 bits per heavy atom. The fourth-order valence-corrected chi connectivity index (χ4v) is 2.28. The number of carbonyl (C=O) groups excluding carboxylic acids is 1. The number of nitrogens with zero attached hydrogens (tertiary/aromatic N) is 1. The Labute approximate surface area is 108 Å². The Morgan fingerprint density at radius 2 is 2.18 bits per heavy atom. The van der Waals surface area contributed by atoms with Gasteiger partial charge in [0.15, 0.2) is 0 Å². The van der Waals surface area contributed by atoms with E-state index < -0.39 is 0 Å². The minimum atomic E-state index is 0.0738.